The van der Waals surface area contributed by atoms with Gasteiger partial charge in [-0.2, -0.15) is 13.6 Å². The van der Waals surface area contributed by atoms with Crippen LogP contribution in [0.4, 0.5) is 5.82 Å². The molecule has 1 saturated heterocycles. The van der Waals surface area contributed by atoms with E-state index in [1.807, 2.05) is 0 Å². The zero-order valence-electron chi connectivity index (χ0n) is 14.3. The van der Waals surface area contributed by atoms with E-state index in [0.717, 1.165) is 4.57 Å². The summed E-state index contributed by atoms with van der Waals surface area (Å²) in [5.74, 6) is 0.0263. The van der Waals surface area contributed by atoms with Crippen LogP contribution in [0.2, 0.25) is 0 Å². The van der Waals surface area contributed by atoms with Crippen LogP contribution in [0.15, 0.2) is 17.1 Å². The number of ether oxygens (including phenoxy) is 1. The zero-order chi connectivity index (χ0) is 20.5. The predicted octanol–water partition coefficient (Wildman–Crippen LogP) is -3.15. The van der Waals surface area contributed by atoms with Gasteiger partial charge in [0.2, 0.25) is 0 Å². The first-order valence-electron chi connectivity index (χ1n) is 7.05. The predicted molar refractivity (Wildman–Crippen MR) is 85.9 cm³/mol. The SMILES string of the molecule is Nc1ccn([C@H]2CC[C@@H](COP(=O)(O)OP(=O)(O)OP(=O)(O)O)O2)c(=O)n1.[Na+]. The maximum absolute atomic E-state index is 11.7. The van der Waals surface area contributed by atoms with Gasteiger partial charge in [-0.15, -0.1) is 0 Å². The van der Waals surface area contributed by atoms with Gasteiger partial charge < -0.3 is 30.0 Å². The van der Waals surface area contributed by atoms with E-state index in [4.69, 9.17) is 25.2 Å². The van der Waals surface area contributed by atoms with Crippen molar-refractivity contribution in [1.82, 2.24) is 9.55 Å². The topological polar surface area (TPSA) is 230 Å². The number of nitrogens with two attached hydrogens (primary N) is 1. The fourth-order valence-corrected chi connectivity index (χ4v) is 5.19. The summed E-state index contributed by atoms with van der Waals surface area (Å²) >= 11 is 0. The molecule has 19 heteroatoms. The normalized spacial score (nSPS) is 24.1. The number of rotatable bonds is 8. The van der Waals surface area contributed by atoms with E-state index >= 15 is 0 Å². The average Bonchev–Trinajstić information content (AvgIpc) is 2.90. The van der Waals surface area contributed by atoms with Gasteiger partial charge in [0, 0.05) is 6.20 Å². The zero-order valence-corrected chi connectivity index (χ0v) is 19.0. The van der Waals surface area contributed by atoms with Gasteiger partial charge in [0.1, 0.15) is 12.0 Å². The van der Waals surface area contributed by atoms with Crippen LogP contribution in [-0.4, -0.2) is 41.8 Å². The standard InChI is InChI=1S/C9H16N3O12P3.Na/c10-7-3-4-12(9(13)11-7)8-2-1-6(22-8)5-21-26(17,18)24-27(19,20)23-25(14,15)16;/h3-4,6,8H,1-2,5H2,(H,17,18)(H,19,20)(H2,10,11,13)(H2,14,15,16);/q;+1/t6-,8+;/m0./s1. The van der Waals surface area contributed by atoms with E-state index in [0.29, 0.717) is 6.42 Å². The molecule has 28 heavy (non-hydrogen) atoms. The molecule has 0 saturated carbocycles. The van der Waals surface area contributed by atoms with Gasteiger partial charge in [0.15, 0.2) is 0 Å². The van der Waals surface area contributed by atoms with Gasteiger partial charge >= 0.3 is 58.7 Å². The Labute approximate surface area is 179 Å². The van der Waals surface area contributed by atoms with Crippen molar-refractivity contribution >= 4 is 29.3 Å². The Kier molecular flexibility index (Phi) is 9.23. The van der Waals surface area contributed by atoms with Crippen LogP contribution < -0.4 is 41.0 Å². The summed E-state index contributed by atoms with van der Waals surface area (Å²) < 4.78 is 51.6. The Morgan fingerprint density at radius 1 is 1.18 bits per heavy atom. The van der Waals surface area contributed by atoms with Crippen molar-refractivity contribution < 1.29 is 80.7 Å². The molecule has 1 fully saturated rings. The Hall–Kier alpha value is 0.0500. The van der Waals surface area contributed by atoms with Crippen molar-refractivity contribution in [3.63, 3.8) is 0 Å². The van der Waals surface area contributed by atoms with Gasteiger partial charge in [0.25, 0.3) is 0 Å². The average molecular weight is 474 g/mol. The minimum Gasteiger partial charge on any atom is -0.383 e. The van der Waals surface area contributed by atoms with Crippen LogP contribution >= 0.6 is 23.5 Å². The van der Waals surface area contributed by atoms with Gasteiger partial charge in [0.05, 0.1) is 12.7 Å². The molecule has 2 heterocycles. The fourth-order valence-electron chi connectivity index (χ4n) is 2.14. The number of phosphoric ester groups is 1. The van der Waals surface area contributed by atoms with Gasteiger partial charge in [-0.3, -0.25) is 9.09 Å². The number of phosphoric acid groups is 3. The van der Waals surface area contributed by atoms with Crippen LogP contribution in [0, 0.1) is 0 Å². The first kappa shape index (κ1) is 26.1. The van der Waals surface area contributed by atoms with Crippen molar-refractivity contribution in [2.75, 3.05) is 12.3 Å². The number of nitrogen functional groups attached to an aromatic ring is 1. The summed E-state index contributed by atoms with van der Waals surface area (Å²) in [4.78, 5) is 50.6. The largest absolute Gasteiger partial charge is 1.00 e. The van der Waals surface area contributed by atoms with E-state index in [2.05, 4.69) is 18.1 Å². The molecule has 1 aliphatic heterocycles. The van der Waals surface area contributed by atoms with E-state index in [1.54, 1.807) is 0 Å². The minimum absolute atomic E-state index is 0. The maximum atomic E-state index is 11.7. The van der Waals surface area contributed by atoms with Crippen LogP contribution in [0.1, 0.15) is 19.1 Å². The second-order valence-corrected chi connectivity index (χ2v) is 9.64. The molecule has 0 amide bonds. The molecule has 0 bridgehead atoms. The van der Waals surface area contributed by atoms with Crippen LogP contribution in [0.25, 0.3) is 0 Å². The number of aromatic nitrogens is 2. The Balaban J connectivity index is 0.00000392. The molecule has 1 aliphatic rings. The summed E-state index contributed by atoms with van der Waals surface area (Å²) in [5, 5.41) is 0. The smallest absolute Gasteiger partial charge is 0.383 e. The van der Waals surface area contributed by atoms with E-state index in [-0.39, 0.29) is 41.8 Å². The molecular weight excluding hydrogens is 458 g/mol. The van der Waals surface area contributed by atoms with Crippen molar-refractivity contribution in [2.24, 2.45) is 0 Å². The molecule has 6 N–H and O–H groups in total. The van der Waals surface area contributed by atoms with Crippen molar-refractivity contribution in [3.05, 3.63) is 22.7 Å². The molecule has 0 aromatic carbocycles. The fraction of sp³-hybridized carbons (Fsp3) is 0.556. The van der Waals surface area contributed by atoms with Crippen LogP contribution in [0.3, 0.4) is 0 Å². The van der Waals surface area contributed by atoms with Gasteiger partial charge in [-0.05, 0) is 18.9 Å². The third-order valence-corrected chi connectivity index (χ3v) is 6.89. The molecule has 1 aromatic rings. The van der Waals surface area contributed by atoms with Crippen molar-refractivity contribution in [1.29, 1.82) is 0 Å². The van der Waals surface area contributed by atoms with E-state index < -0.39 is 48.1 Å². The Morgan fingerprint density at radius 3 is 2.39 bits per heavy atom. The maximum Gasteiger partial charge on any atom is 1.00 e. The molecule has 0 aliphatic carbocycles. The van der Waals surface area contributed by atoms with Gasteiger partial charge in [-0.25, -0.2) is 18.5 Å². The molecule has 2 unspecified atom stereocenters. The second kappa shape index (κ2) is 9.90. The number of anilines is 1. The second-order valence-electron chi connectivity index (χ2n) is 5.22. The molecule has 15 nitrogen and oxygen atoms in total. The third-order valence-electron chi connectivity index (χ3n) is 3.09. The molecule has 154 valence electrons. The molecule has 0 spiro atoms. The summed E-state index contributed by atoms with van der Waals surface area (Å²) in [6.45, 7) is -0.586. The van der Waals surface area contributed by atoms with Gasteiger partial charge in [-0.1, -0.05) is 0 Å². The first-order valence-corrected chi connectivity index (χ1v) is 11.6. The monoisotopic (exact) mass is 474 g/mol. The quantitative estimate of drug-likeness (QED) is 0.185. The summed E-state index contributed by atoms with van der Waals surface area (Å²) in [5.41, 5.74) is 4.72. The number of nitrogens with zero attached hydrogens (tertiary/aromatic N) is 2. The summed E-state index contributed by atoms with van der Waals surface area (Å²) in [6.07, 6.45) is 0.456. The molecule has 2 rings (SSSR count). The van der Waals surface area contributed by atoms with Crippen molar-refractivity contribution in [2.45, 2.75) is 25.2 Å². The molecule has 0 radical (unpaired) electrons. The third kappa shape index (κ3) is 8.42. The van der Waals surface area contributed by atoms with E-state index in [9.17, 15) is 23.4 Å². The van der Waals surface area contributed by atoms with Crippen LogP contribution in [-0.2, 0) is 31.6 Å². The molecular formula is C9H16N3NaO12P3+. The first-order chi connectivity index (χ1) is 12.3. The Morgan fingerprint density at radius 2 is 1.82 bits per heavy atom. The Bertz CT molecular complexity index is 889. The number of hydrogen-bond donors (Lipinski definition) is 5. The summed E-state index contributed by atoms with van der Waals surface area (Å²) in [7, 11) is -16.3. The summed E-state index contributed by atoms with van der Waals surface area (Å²) in [6, 6.07) is 1.38. The van der Waals surface area contributed by atoms with E-state index in [1.165, 1.54) is 12.3 Å². The van der Waals surface area contributed by atoms with Crippen LogP contribution in [0.5, 0.6) is 0 Å². The van der Waals surface area contributed by atoms with Crippen molar-refractivity contribution in [3.8, 4) is 0 Å². The molecule has 1 aromatic heterocycles. The number of hydrogen-bond acceptors (Lipinski definition) is 10. The molecule has 4 atom stereocenters. The minimum atomic E-state index is -5.58.